The van der Waals surface area contributed by atoms with E-state index in [-0.39, 0.29) is 5.82 Å². The fraction of sp³-hybridized carbons (Fsp3) is 0.500. The van der Waals surface area contributed by atoms with E-state index >= 15 is 0 Å². The van der Waals surface area contributed by atoms with Crippen molar-refractivity contribution < 1.29 is 9.13 Å². The Morgan fingerprint density at radius 1 is 1.44 bits per heavy atom. The van der Waals surface area contributed by atoms with Gasteiger partial charge in [-0.25, -0.2) is 4.39 Å². The molecule has 1 aliphatic rings. The molecule has 2 rings (SSSR count). The number of ether oxygens (including phenoxy) is 1. The van der Waals surface area contributed by atoms with Crippen molar-refractivity contribution in [3.05, 3.63) is 35.1 Å². The molecule has 0 saturated heterocycles. The molecule has 0 spiro atoms. The van der Waals surface area contributed by atoms with Crippen molar-refractivity contribution in [1.29, 1.82) is 5.41 Å². The number of halogens is 1. The minimum atomic E-state index is -0.281. The third-order valence-electron chi connectivity index (χ3n) is 2.96. The molecule has 1 heterocycles. The summed E-state index contributed by atoms with van der Waals surface area (Å²) in [4.78, 5) is 1.92. The largest absolute Gasteiger partial charge is 0.379 e. The third-order valence-corrected chi connectivity index (χ3v) is 2.96. The van der Waals surface area contributed by atoms with Crippen molar-refractivity contribution >= 4 is 5.84 Å². The highest BCUT2D eigenvalue weighted by Crippen LogP contribution is 2.23. The Bertz CT molecular complexity index is 445. The van der Waals surface area contributed by atoms with Gasteiger partial charge < -0.3 is 9.64 Å². The Morgan fingerprint density at radius 2 is 2.22 bits per heavy atom. The fourth-order valence-corrected chi connectivity index (χ4v) is 2.05. The highest BCUT2D eigenvalue weighted by molar-refractivity contribution is 6.00. The summed E-state index contributed by atoms with van der Waals surface area (Å²) in [6.07, 6.45) is 0. The summed E-state index contributed by atoms with van der Waals surface area (Å²) in [6.45, 7) is 6.92. The minimum Gasteiger partial charge on any atom is -0.379 e. The first kappa shape index (κ1) is 13.0. The van der Waals surface area contributed by atoms with Crippen molar-refractivity contribution in [2.45, 2.75) is 20.4 Å². The van der Waals surface area contributed by atoms with Gasteiger partial charge in [0.25, 0.3) is 0 Å². The van der Waals surface area contributed by atoms with Crippen LogP contribution in [0.3, 0.4) is 0 Å². The molecule has 1 aromatic carbocycles. The lowest BCUT2D eigenvalue weighted by atomic mass is 10.1. The number of nitrogens with zero attached hydrogens (tertiary/aromatic N) is 1. The molecule has 0 amide bonds. The van der Waals surface area contributed by atoms with E-state index in [9.17, 15) is 4.39 Å². The maximum absolute atomic E-state index is 13.1. The van der Waals surface area contributed by atoms with Crippen LogP contribution in [-0.2, 0) is 11.3 Å². The summed E-state index contributed by atoms with van der Waals surface area (Å²) < 4.78 is 18.6. The SMILES string of the molecule is CC(C)COCCN1Cc2ccc(F)cc2C1=N. The molecule has 0 aromatic heterocycles. The van der Waals surface area contributed by atoms with Gasteiger partial charge in [-0.05, 0) is 23.6 Å². The van der Waals surface area contributed by atoms with E-state index in [0.29, 0.717) is 37.0 Å². The van der Waals surface area contributed by atoms with Crippen LogP contribution in [0.5, 0.6) is 0 Å². The van der Waals surface area contributed by atoms with E-state index in [4.69, 9.17) is 10.1 Å². The van der Waals surface area contributed by atoms with Gasteiger partial charge >= 0.3 is 0 Å². The van der Waals surface area contributed by atoms with Crippen LogP contribution in [0.25, 0.3) is 0 Å². The molecule has 0 fully saturated rings. The Kier molecular flexibility index (Phi) is 3.97. The van der Waals surface area contributed by atoms with Gasteiger partial charge in [-0.3, -0.25) is 5.41 Å². The molecule has 3 nitrogen and oxygen atoms in total. The van der Waals surface area contributed by atoms with Gasteiger partial charge in [0.2, 0.25) is 0 Å². The van der Waals surface area contributed by atoms with Crippen LogP contribution in [-0.4, -0.2) is 30.5 Å². The van der Waals surface area contributed by atoms with E-state index in [1.165, 1.54) is 12.1 Å². The number of rotatable bonds is 5. The number of hydrogen-bond donors (Lipinski definition) is 1. The highest BCUT2D eigenvalue weighted by Gasteiger charge is 2.23. The molecule has 0 unspecified atom stereocenters. The Balaban J connectivity index is 1.89. The van der Waals surface area contributed by atoms with Crippen molar-refractivity contribution in [2.24, 2.45) is 5.92 Å². The van der Waals surface area contributed by atoms with Crippen molar-refractivity contribution in [2.75, 3.05) is 19.8 Å². The summed E-state index contributed by atoms with van der Waals surface area (Å²) >= 11 is 0. The summed E-state index contributed by atoms with van der Waals surface area (Å²) in [6, 6.07) is 4.64. The molecule has 4 heteroatoms. The maximum Gasteiger partial charge on any atom is 0.128 e. The zero-order chi connectivity index (χ0) is 13.1. The topological polar surface area (TPSA) is 36.3 Å². The molecule has 0 bridgehead atoms. The van der Waals surface area contributed by atoms with Crippen LogP contribution < -0.4 is 0 Å². The third kappa shape index (κ3) is 2.88. The van der Waals surface area contributed by atoms with E-state index in [1.807, 2.05) is 4.90 Å². The first-order valence-electron chi connectivity index (χ1n) is 6.28. The predicted molar refractivity (Wildman–Crippen MR) is 69.3 cm³/mol. The molecule has 1 N–H and O–H groups in total. The normalized spacial score (nSPS) is 14.4. The van der Waals surface area contributed by atoms with Gasteiger partial charge in [0.05, 0.1) is 6.61 Å². The number of hydrogen-bond acceptors (Lipinski definition) is 2. The Hall–Kier alpha value is -1.42. The van der Waals surface area contributed by atoms with Crippen LogP contribution in [0.2, 0.25) is 0 Å². The minimum absolute atomic E-state index is 0.281. The van der Waals surface area contributed by atoms with Gasteiger partial charge in [-0.1, -0.05) is 19.9 Å². The van der Waals surface area contributed by atoms with Crippen molar-refractivity contribution in [3.8, 4) is 0 Å². The highest BCUT2D eigenvalue weighted by atomic mass is 19.1. The average molecular weight is 250 g/mol. The predicted octanol–water partition coefficient (Wildman–Crippen LogP) is 2.64. The van der Waals surface area contributed by atoms with E-state index in [0.717, 1.165) is 12.2 Å². The monoisotopic (exact) mass is 250 g/mol. The molecule has 1 aromatic rings. The zero-order valence-corrected chi connectivity index (χ0v) is 10.9. The Morgan fingerprint density at radius 3 is 2.94 bits per heavy atom. The van der Waals surface area contributed by atoms with Crippen molar-refractivity contribution in [3.63, 3.8) is 0 Å². The van der Waals surface area contributed by atoms with Crippen LogP contribution in [0, 0.1) is 17.1 Å². The zero-order valence-electron chi connectivity index (χ0n) is 10.9. The van der Waals surface area contributed by atoms with Gasteiger partial charge in [-0.2, -0.15) is 0 Å². The summed E-state index contributed by atoms with van der Waals surface area (Å²) in [7, 11) is 0. The summed E-state index contributed by atoms with van der Waals surface area (Å²) in [5.74, 6) is 0.642. The Labute approximate surface area is 107 Å². The first-order chi connectivity index (χ1) is 8.58. The summed E-state index contributed by atoms with van der Waals surface area (Å²) in [5, 5.41) is 8.01. The smallest absolute Gasteiger partial charge is 0.128 e. The van der Waals surface area contributed by atoms with Gasteiger partial charge in [0.1, 0.15) is 11.7 Å². The van der Waals surface area contributed by atoms with Crippen LogP contribution in [0.1, 0.15) is 25.0 Å². The van der Waals surface area contributed by atoms with Gasteiger partial charge in [0, 0.05) is 25.3 Å². The van der Waals surface area contributed by atoms with Crippen LogP contribution in [0.4, 0.5) is 4.39 Å². The van der Waals surface area contributed by atoms with Crippen LogP contribution in [0.15, 0.2) is 18.2 Å². The number of nitrogens with one attached hydrogen (secondary N) is 1. The second-order valence-corrected chi connectivity index (χ2v) is 5.04. The van der Waals surface area contributed by atoms with Gasteiger partial charge in [-0.15, -0.1) is 0 Å². The average Bonchev–Trinajstić information content (AvgIpc) is 2.62. The lowest BCUT2D eigenvalue weighted by Crippen LogP contribution is -2.28. The first-order valence-corrected chi connectivity index (χ1v) is 6.28. The lowest BCUT2D eigenvalue weighted by molar-refractivity contribution is 0.0987. The number of benzene rings is 1. The maximum atomic E-state index is 13.1. The molecule has 18 heavy (non-hydrogen) atoms. The molecular weight excluding hydrogens is 231 g/mol. The van der Waals surface area contributed by atoms with E-state index < -0.39 is 0 Å². The molecule has 1 aliphatic heterocycles. The van der Waals surface area contributed by atoms with Crippen molar-refractivity contribution in [1.82, 2.24) is 4.90 Å². The molecule has 0 radical (unpaired) electrons. The molecule has 0 atom stereocenters. The number of fused-ring (bicyclic) bond motifs is 1. The molecule has 98 valence electrons. The molecular formula is C14H19FN2O. The van der Waals surface area contributed by atoms with Crippen LogP contribution >= 0.6 is 0 Å². The van der Waals surface area contributed by atoms with Gasteiger partial charge in [0.15, 0.2) is 0 Å². The summed E-state index contributed by atoms with van der Waals surface area (Å²) in [5.41, 5.74) is 1.73. The molecule has 0 aliphatic carbocycles. The molecule has 0 saturated carbocycles. The standard InChI is InChI=1S/C14H19FN2O/c1-10(2)9-18-6-5-17-8-11-3-4-12(15)7-13(11)14(17)16/h3-4,7,10,16H,5-6,8-9H2,1-2H3. The second-order valence-electron chi connectivity index (χ2n) is 5.04. The lowest BCUT2D eigenvalue weighted by Gasteiger charge is -2.18. The number of amidine groups is 1. The van der Waals surface area contributed by atoms with E-state index in [2.05, 4.69) is 13.8 Å². The second kappa shape index (κ2) is 5.48. The fourth-order valence-electron chi connectivity index (χ4n) is 2.05. The quantitative estimate of drug-likeness (QED) is 0.815. The van der Waals surface area contributed by atoms with E-state index in [1.54, 1.807) is 6.07 Å².